The second-order valence-corrected chi connectivity index (χ2v) is 7.09. The Morgan fingerprint density at radius 3 is 2.59 bits per heavy atom. The van der Waals surface area contributed by atoms with E-state index in [1.54, 1.807) is 0 Å². The minimum Gasteiger partial charge on any atom is -0.494 e. The van der Waals surface area contributed by atoms with Crippen LogP contribution in [0.4, 0.5) is 8.78 Å². The van der Waals surface area contributed by atoms with Crippen LogP contribution in [0.1, 0.15) is 24.8 Å². The molecular weight excluding hydrogens is 356 g/mol. The zero-order valence-corrected chi connectivity index (χ0v) is 15.4. The smallest absolute Gasteiger partial charge is 0.226 e. The van der Waals surface area contributed by atoms with Crippen molar-refractivity contribution in [2.45, 2.75) is 25.8 Å². The number of likely N-dealkylation sites (tertiary alicyclic amines) is 1. The zero-order valence-electron chi connectivity index (χ0n) is 15.4. The second kappa shape index (κ2) is 8.65. The predicted octanol–water partition coefficient (Wildman–Crippen LogP) is 1.44. The molecule has 0 aromatic heterocycles. The number of methoxy groups -OCH3 is 1. The van der Waals surface area contributed by atoms with E-state index in [4.69, 9.17) is 4.74 Å². The third-order valence-electron chi connectivity index (χ3n) is 5.29. The van der Waals surface area contributed by atoms with Crippen molar-refractivity contribution < 1.29 is 23.1 Å². The number of hydrogen-bond donors (Lipinski definition) is 2. The molecule has 2 aliphatic rings. The van der Waals surface area contributed by atoms with E-state index in [0.717, 1.165) is 25.9 Å². The molecule has 27 heavy (non-hydrogen) atoms. The number of rotatable bonds is 5. The molecule has 0 radical (unpaired) electrons. The summed E-state index contributed by atoms with van der Waals surface area (Å²) in [6.45, 7) is 2.49. The van der Waals surface area contributed by atoms with E-state index in [1.165, 1.54) is 19.2 Å². The average molecular weight is 381 g/mol. The SMILES string of the molecule is COc1ccc(CNC(=O)C2CNCC(C(=O)N3CCCC3)C2)c(F)c1F. The lowest BCUT2D eigenvalue weighted by Gasteiger charge is -2.31. The van der Waals surface area contributed by atoms with E-state index >= 15 is 0 Å². The van der Waals surface area contributed by atoms with E-state index in [1.807, 2.05) is 4.90 Å². The molecule has 2 aliphatic heterocycles. The maximum atomic E-state index is 14.0. The lowest BCUT2D eigenvalue weighted by Crippen LogP contribution is -2.48. The molecule has 2 heterocycles. The molecule has 3 rings (SSSR count). The van der Waals surface area contributed by atoms with Gasteiger partial charge in [0.25, 0.3) is 0 Å². The molecule has 6 nitrogen and oxygen atoms in total. The number of ether oxygens (including phenoxy) is 1. The Kier molecular flexibility index (Phi) is 6.26. The molecule has 0 saturated carbocycles. The molecule has 2 unspecified atom stereocenters. The first-order chi connectivity index (χ1) is 13.0. The Labute approximate surface area is 157 Å². The number of benzene rings is 1. The number of nitrogens with one attached hydrogen (secondary N) is 2. The highest BCUT2D eigenvalue weighted by Gasteiger charge is 2.34. The van der Waals surface area contributed by atoms with Crippen LogP contribution < -0.4 is 15.4 Å². The van der Waals surface area contributed by atoms with Crippen molar-refractivity contribution in [3.63, 3.8) is 0 Å². The first-order valence-electron chi connectivity index (χ1n) is 9.29. The fraction of sp³-hybridized carbons (Fsp3) is 0.579. The van der Waals surface area contributed by atoms with Crippen LogP contribution in [0.3, 0.4) is 0 Å². The Balaban J connectivity index is 1.56. The van der Waals surface area contributed by atoms with Crippen LogP contribution in [0.25, 0.3) is 0 Å². The minimum atomic E-state index is -1.07. The Hall–Kier alpha value is -2.22. The summed E-state index contributed by atoms with van der Waals surface area (Å²) in [5.41, 5.74) is 0.0510. The molecule has 2 fully saturated rings. The van der Waals surface area contributed by atoms with Gasteiger partial charge in [0.15, 0.2) is 11.6 Å². The summed E-state index contributed by atoms with van der Waals surface area (Å²) >= 11 is 0. The molecule has 2 N–H and O–H groups in total. The summed E-state index contributed by atoms with van der Waals surface area (Å²) < 4.78 is 32.5. The molecule has 0 spiro atoms. The minimum absolute atomic E-state index is 0.0510. The van der Waals surface area contributed by atoms with Gasteiger partial charge in [0.05, 0.1) is 18.9 Å². The third-order valence-corrected chi connectivity index (χ3v) is 5.29. The van der Waals surface area contributed by atoms with E-state index in [9.17, 15) is 18.4 Å². The first-order valence-corrected chi connectivity index (χ1v) is 9.29. The molecule has 148 valence electrons. The fourth-order valence-corrected chi connectivity index (χ4v) is 3.72. The number of halogens is 2. The fourth-order valence-electron chi connectivity index (χ4n) is 3.72. The molecule has 8 heteroatoms. The number of nitrogens with zero attached hydrogens (tertiary/aromatic N) is 1. The van der Waals surface area contributed by atoms with Gasteiger partial charge in [0, 0.05) is 38.3 Å². The first kappa shape index (κ1) is 19.5. The van der Waals surface area contributed by atoms with Gasteiger partial charge in [-0.05, 0) is 25.3 Å². The van der Waals surface area contributed by atoms with E-state index in [0.29, 0.717) is 19.5 Å². The number of amides is 2. The molecule has 0 aliphatic carbocycles. The van der Waals surface area contributed by atoms with Gasteiger partial charge in [-0.15, -0.1) is 0 Å². The van der Waals surface area contributed by atoms with Gasteiger partial charge < -0.3 is 20.3 Å². The van der Waals surface area contributed by atoms with E-state index < -0.39 is 11.6 Å². The van der Waals surface area contributed by atoms with Crippen molar-refractivity contribution in [1.29, 1.82) is 0 Å². The summed E-state index contributed by atoms with van der Waals surface area (Å²) in [6.07, 6.45) is 2.52. The lowest BCUT2D eigenvalue weighted by atomic mass is 9.89. The topological polar surface area (TPSA) is 70.7 Å². The van der Waals surface area contributed by atoms with Crippen LogP contribution in [0, 0.1) is 23.5 Å². The van der Waals surface area contributed by atoms with Crippen molar-refractivity contribution >= 4 is 11.8 Å². The largest absolute Gasteiger partial charge is 0.494 e. The maximum Gasteiger partial charge on any atom is 0.226 e. The number of carbonyl (C=O) groups excluding carboxylic acids is 2. The van der Waals surface area contributed by atoms with Crippen LogP contribution in [0.2, 0.25) is 0 Å². The van der Waals surface area contributed by atoms with E-state index in [2.05, 4.69) is 10.6 Å². The van der Waals surface area contributed by atoms with Gasteiger partial charge in [0.1, 0.15) is 0 Å². The highest BCUT2D eigenvalue weighted by molar-refractivity contribution is 5.83. The summed E-state index contributed by atoms with van der Waals surface area (Å²) in [7, 11) is 1.26. The van der Waals surface area contributed by atoms with Gasteiger partial charge in [-0.3, -0.25) is 9.59 Å². The lowest BCUT2D eigenvalue weighted by molar-refractivity contribution is -0.136. The summed E-state index contributed by atoms with van der Waals surface area (Å²) in [6, 6.07) is 2.71. The summed E-state index contributed by atoms with van der Waals surface area (Å²) in [4.78, 5) is 26.9. The van der Waals surface area contributed by atoms with Crippen LogP contribution in [-0.4, -0.2) is 50.0 Å². The van der Waals surface area contributed by atoms with Gasteiger partial charge in [-0.2, -0.15) is 4.39 Å². The Morgan fingerprint density at radius 2 is 1.89 bits per heavy atom. The van der Waals surface area contributed by atoms with Crippen LogP contribution in [-0.2, 0) is 16.1 Å². The van der Waals surface area contributed by atoms with Crippen LogP contribution in [0.5, 0.6) is 5.75 Å². The van der Waals surface area contributed by atoms with Gasteiger partial charge >= 0.3 is 0 Å². The second-order valence-electron chi connectivity index (χ2n) is 7.09. The molecule has 2 atom stereocenters. The highest BCUT2D eigenvalue weighted by atomic mass is 19.2. The number of piperidine rings is 1. The number of hydrogen-bond acceptors (Lipinski definition) is 4. The summed E-state index contributed by atoms with van der Waals surface area (Å²) in [5.74, 6) is -3.04. The molecule has 0 bridgehead atoms. The van der Waals surface area contributed by atoms with Crippen molar-refractivity contribution in [2.75, 3.05) is 33.3 Å². The van der Waals surface area contributed by atoms with E-state index in [-0.39, 0.29) is 41.5 Å². The van der Waals surface area contributed by atoms with Gasteiger partial charge in [0.2, 0.25) is 17.6 Å². The Bertz CT molecular complexity index is 708. The summed E-state index contributed by atoms with van der Waals surface area (Å²) in [5, 5.41) is 5.80. The predicted molar refractivity (Wildman–Crippen MR) is 95.0 cm³/mol. The number of carbonyl (C=O) groups is 2. The standard InChI is InChI=1S/C19H25F2N3O3/c1-27-15-5-4-12(16(20)17(15)21)11-23-18(25)13-8-14(10-22-9-13)19(26)24-6-2-3-7-24/h4-5,13-14,22H,2-3,6-11H2,1H3,(H,23,25). The van der Waals surface area contributed by atoms with Crippen molar-refractivity contribution in [1.82, 2.24) is 15.5 Å². The normalized spacial score (nSPS) is 22.6. The van der Waals surface area contributed by atoms with Gasteiger partial charge in [-0.1, -0.05) is 6.07 Å². The van der Waals surface area contributed by atoms with Crippen molar-refractivity contribution in [2.24, 2.45) is 11.8 Å². The molecule has 2 amide bonds. The maximum absolute atomic E-state index is 14.0. The highest BCUT2D eigenvalue weighted by Crippen LogP contribution is 2.23. The van der Waals surface area contributed by atoms with Crippen molar-refractivity contribution in [3.8, 4) is 5.75 Å². The third kappa shape index (κ3) is 4.37. The monoisotopic (exact) mass is 381 g/mol. The molecule has 1 aromatic rings. The van der Waals surface area contributed by atoms with Crippen LogP contribution in [0.15, 0.2) is 12.1 Å². The quantitative estimate of drug-likeness (QED) is 0.810. The molecule has 1 aromatic carbocycles. The Morgan fingerprint density at radius 1 is 1.19 bits per heavy atom. The molecular formula is C19H25F2N3O3. The van der Waals surface area contributed by atoms with Crippen LogP contribution >= 0.6 is 0 Å². The zero-order chi connectivity index (χ0) is 19.4. The van der Waals surface area contributed by atoms with Gasteiger partial charge in [-0.25, -0.2) is 4.39 Å². The molecule has 2 saturated heterocycles. The average Bonchev–Trinajstić information content (AvgIpc) is 3.23. The van der Waals surface area contributed by atoms with Crippen molar-refractivity contribution in [3.05, 3.63) is 29.3 Å².